The lowest BCUT2D eigenvalue weighted by Crippen LogP contribution is -2.27. The lowest BCUT2D eigenvalue weighted by molar-refractivity contribution is 0.0658. The molecule has 0 aliphatic heterocycles. The summed E-state index contributed by atoms with van der Waals surface area (Å²) in [6, 6.07) is 25.0. The summed E-state index contributed by atoms with van der Waals surface area (Å²) in [5.41, 5.74) is 3.89. The maximum atomic E-state index is 10.8. The second-order valence-corrected chi connectivity index (χ2v) is 8.39. The topological polar surface area (TPSA) is 29.5 Å². The minimum atomic E-state index is 0.404. The van der Waals surface area contributed by atoms with Gasteiger partial charge in [-0.2, -0.15) is 0 Å². The summed E-state index contributed by atoms with van der Waals surface area (Å²) in [6.45, 7) is 3.76. The Balaban J connectivity index is 1.43. The molecule has 2 nitrogen and oxygen atoms in total. The van der Waals surface area contributed by atoms with Crippen molar-refractivity contribution in [2.75, 3.05) is 6.61 Å². The molecule has 5 rings (SSSR count). The quantitative estimate of drug-likeness (QED) is 0.422. The fourth-order valence-corrected chi connectivity index (χ4v) is 4.82. The molecule has 2 unspecified atom stereocenters. The van der Waals surface area contributed by atoms with Crippen molar-refractivity contribution < 1.29 is 9.84 Å². The number of phenolic OH excluding ortho intramolecular Hbond substituents is 1. The van der Waals surface area contributed by atoms with Crippen LogP contribution < -0.4 is 0 Å². The molecule has 2 heteroatoms. The highest BCUT2D eigenvalue weighted by atomic mass is 16.5. The largest absolute Gasteiger partial charge is 0.507 e. The third-order valence-electron chi connectivity index (χ3n) is 6.47. The third-order valence-corrected chi connectivity index (χ3v) is 6.47. The zero-order valence-electron chi connectivity index (χ0n) is 16.8. The zero-order valence-corrected chi connectivity index (χ0v) is 16.8. The van der Waals surface area contributed by atoms with Crippen LogP contribution in [0.5, 0.6) is 5.75 Å². The Morgan fingerprint density at radius 3 is 2.55 bits per heavy atom. The fourth-order valence-electron chi connectivity index (χ4n) is 4.82. The molecule has 0 radical (unpaired) electrons. The molecule has 0 spiro atoms. The lowest BCUT2D eigenvalue weighted by atomic mass is 9.75. The van der Waals surface area contributed by atoms with Crippen LogP contribution in [0.15, 0.2) is 72.8 Å². The van der Waals surface area contributed by atoms with Crippen molar-refractivity contribution >= 4 is 21.5 Å². The first-order valence-electron chi connectivity index (χ1n) is 10.5. The predicted molar refractivity (Wildman–Crippen MR) is 119 cm³/mol. The second kappa shape index (κ2) is 7.53. The van der Waals surface area contributed by atoms with E-state index in [4.69, 9.17) is 4.74 Å². The monoisotopic (exact) mass is 382 g/mol. The van der Waals surface area contributed by atoms with E-state index in [9.17, 15) is 5.11 Å². The summed E-state index contributed by atoms with van der Waals surface area (Å²) >= 11 is 0. The number of rotatable bonds is 4. The second-order valence-electron chi connectivity index (χ2n) is 8.39. The molecule has 1 aliphatic rings. The molecule has 2 atom stereocenters. The molecule has 0 aromatic heterocycles. The van der Waals surface area contributed by atoms with Crippen LogP contribution in [0.2, 0.25) is 0 Å². The normalized spacial score (nSPS) is 18.8. The van der Waals surface area contributed by atoms with Gasteiger partial charge in [0.2, 0.25) is 0 Å². The van der Waals surface area contributed by atoms with E-state index in [1.165, 1.54) is 22.1 Å². The van der Waals surface area contributed by atoms with Gasteiger partial charge in [0.15, 0.2) is 0 Å². The molecule has 29 heavy (non-hydrogen) atoms. The van der Waals surface area contributed by atoms with Gasteiger partial charge in [-0.15, -0.1) is 0 Å². The van der Waals surface area contributed by atoms with Crippen LogP contribution in [-0.4, -0.2) is 11.7 Å². The van der Waals surface area contributed by atoms with Crippen LogP contribution in [0.1, 0.15) is 23.6 Å². The van der Waals surface area contributed by atoms with E-state index >= 15 is 0 Å². The zero-order chi connectivity index (χ0) is 19.8. The molecular weight excluding hydrogens is 356 g/mol. The van der Waals surface area contributed by atoms with Crippen molar-refractivity contribution in [2.24, 2.45) is 11.8 Å². The summed E-state index contributed by atoms with van der Waals surface area (Å²) in [6.07, 6.45) is 1.99. The summed E-state index contributed by atoms with van der Waals surface area (Å²) in [5, 5.41) is 15.3. The molecule has 0 fully saturated rings. The lowest BCUT2D eigenvalue weighted by Gasteiger charge is -2.32. The molecule has 0 bridgehead atoms. The van der Waals surface area contributed by atoms with Crippen LogP contribution in [-0.2, 0) is 24.2 Å². The maximum absolute atomic E-state index is 10.8. The van der Waals surface area contributed by atoms with E-state index in [1.54, 1.807) is 0 Å². The highest BCUT2D eigenvalue weighted by Crippen LogP contribution is 2.41. The molecule has 0 saturated heterocycles. The first-order valence-corrected chi connectivity index (χ1v) is 10.5. The van der Waals surface area contributed by atoms with Gasteiger partial charge in [0, 0.05) is 5.39 Å². The number of fused-ring (bicyclic) bond motifs is 5. The SMILES string of the molecule is CC1Cc2c(ccc3c2c(O)cc2ccccc23)CC1COCc1ccccc1. The number of phenols is 1. The number of aromatic hydroxyl groups is 1. The number of benzene rings is 4. The van der Waals surface area contributed by atoms with Crippen LogP contribution in [0.4, 0.5) is 0 Å². The van der Waals surface area contributed by atoms with Gasteiger partial charge in [-0.25, -0.2) is 0 Å². The van der Waals surface area contributed by atoms with E-state index in [0.29, 0.717) is 24.2 Å². The average molecular weight is 383 g/mol. The van der Waals surface area contributed by atoms with Crippen molar-refractivity contribution in [3.63, 3.8) is 0 Å². The minimum absolute atomic E-state index is 0.404. The molecule has 4 aromatic carbocycles. The molecule has 146 valence electrons. The molecule has 1 aliphatic carbocycles. The van der Waals surface area contributed by atoms with E-state index in [2.05, 4.69) is 61.5 Å². The summed E-state index contributed by atoms with van der Waals surface area (Å²) in [4.78, 5) is 0. The third kappa shape index (κ3) is 3.38. The van der Waals surface area contributed by atoms with Gasteiger partial charge >= 0.3 is 0 Å². The molecule has 1 N–H and O–H groups in total. The highest BCUT2D eigenvalue weighted by Gasteiger charge is 2.28. The standard InChI is InChI=1S/C27H26O2/c1-18-13-25-21(14-22(18)17-29-16-19-7-3-2-4-8-19)11-12-24-23-10-6-5-9-20(23)15-26(28)27(24)25/h2-12,15,18,22,28H,13-14,16-17H2,1H3. The van der Waals surface area contributed by atoms with Gasteiger partial charge in [0.25, 0.3) is 0 Å². The van der Waals surface area contributed by atoms with Crippen LogP contribution in [0.25, 0.3) is 21.5 Å². The Morgan fingerprint density at radius 1 is 0.897 bits per heavy atom. The first-order chi connectivity index (χ1) is 14.2. The Labute approximate surface area is 171 Å². The first kappa shape index (κ1) is 18.2. The maximum Gasteiger partial charge on any atom is 0.124 e. The number of hydrogen-bond acceptors (Lipinski definition) is 2. The van der Waals surface area contributed by atoms with Gasteiger partial charge in [-0.3, -0.25) is 0 Å². The Morgan fingerprint density at radius 2 is 1.69 bits per heavy atom. The fraction of sp³-hybridized carbons (Fsp3) is 0.259. The Kier molecular flexibility index (Phi) is 4.73. The summed E-state index contributed by atoms with van der Waals surface area (Å²) < 4.78 is 6.06. The average Bonchev–Trinajstić information content (AvgIpc) is 2.74. The van der Waals surface area contributed by atoms with Gasteiger partial charge in [0.05, 0.1) is 13.2 Å². The number of hydrogen-bond donors (Lipinski definition) is 1. The Hall–Kier alpha value is -2.84. The van der Waals surface area contributed by atoms with Crippen molar-refractivity contribution in [3.05, 3.63) is 89.5 Å². The van der Waals surface area contributed by atoms with E-state index < -0.39 is 0 Å². The molecule has 0 heterocycles. The van der Waals surface area contributed by atoms with Crippen LogP contribution in [0, 0.1) is 11.8 Å². The predicted octanol–water partition coefficient (Wildman–Crippen LogP) is 6.27. The van der Waals surface area contributed by atoms with Crippen molar-refractivity contribution in [1.82, 2.24) is 0 Å². The molecule has 4 aromatic rings. The highest BCUT2D eigenvalue weighted by molar-refractivity contribution is 6.11. The van der Waals surface area contributed by atoms with Crippen molar-refractivity contribution in [1.29, 1.82) is 0 Å². The smallest absolute Gasteiger partial charge is 0.124 e. The Bertz CT molecular complexity index is 1160. The summed E-state index contributed by atoms with van der Waals surface area (Å²) in [7, 11) is 0. The van der Waals surface area contributed by atoms with Gasteiger partial charge < -0.3 is 9.84 Å². The van der Waals surface area contributed by atoms with Crippen molar-refractivity contribution in [3.8, 4) is 5.75 Å². The van der Waals surface area contributed by atoms with Crippen LogP contribution >= 0.6 is 0 Å². The van der Waals surface area contributed by atoms with Crippen LogP contribution in [0.3, 0.4) is 0 Å². The van der Waals surface area contributed by atoms with E-state index in [1.807, 2.05) is 18.2 Å². The minimum Gasteiger partial charge on any atom is -0.507 e. The van der Waals surface area contributed by atoms with Gasteiger partial charge in [-0.05, 0) is 63.6 Å². The van der Waals surface area contributed by atoms with E-state index in [0.717, 1.165) is 35.6 Å². The molecule has 0 amide bonds. The molecule has 0 saturated carbocycles. The van der Waals surface area contributed by atoms with Gasteiger partial charge in [-0.1, -0.05) is 73.7 Å². The van der Waals surface area contributed by atoms with E-state index in [-0.39, 0.29) is 0 Å². The molecular formula is C27H26O2. The number of ether oxygens (including phenoxy) is 1. The van der Waals surface area contributed by atoms with Crippen molar-refractivity contribution in [2.45, 2.75) is 26.4 Å². The van der Waals surface area contributed by atoms with Gasteiger partial charge in [0.1, 0.15) is 5.75 Å². The summed E-state index contributed by atoms with van der Waals surface area (Å²) in [5.74, 6) is 1.43.